The summed E-state index contributed by atoms with van der Waals surface area (Å²) in [4.78, 5) is 2.52. The maximum absolute atomic E-state index is 6.91. The minimum absolute atomic E-state index is 0.185. The van der Waals surface area contributed by atoms with Crippen molar-refractivity contribution in [2.45, 2.75) is 71.6 Å². The average molecular weight is 954 g/mol. The van der Waals surface area contributed by atoms with Crippen LogP contribution in [0.15, 0.2) is 197 Å². The molecule has 0 radical (unpaired) electrons. The van der Waals surface area contributed by atoms with Gasteiger partial charge in [0.05, 0.1) is 5.69 Å². The SMILES string of the molecule is Cc1ccc(-c2cc3c(c4c2oc2ccccc24)-c2ccc(N(c4ccc5c(c4)C(C)(C)c4cc6c(cc4-5)C(C)(C)c4ccc5oc7ccccc7c5c4-6)c4ccccc4-c4ccccc4)cc2C3(C)C)c(C)c1. The van der Waals surface area contributed by atoms with Crippen LogP contribution in [-0.2, 0) is 16.2 Å². The first kappa shape index (κ1) is 43.2. The third-order valence-electron chi connectivity index (χ3n) is 17.6. The standard InChI is InChI=1S/C71H55NO2/c1-40-26-29-45(41(2)34-40)52-38-59-64(67-50-22-14-17-25-62(50)74-68(52)67)48-31-28-44(36-56(48)71(59,7)8)72(60-23-15-12-20-46(60)42-18-10-9-11-19-42)43-27-30-47-51-37-58-53(39-57(51)70(5,6)55(47)35-43)65-54(69(58,3)4)32-33-63-66(65)49-21-13-16-24-61(49)73-63/h9-39H,1-8H3. The number of hydrogen-bond acceptors (Lipinski definition) is 3. The van der Waals surface area contributed by atoms with E-state index in [1.807, 2.05) is 0 Å². The number of aryl methyl sites for hydroxylation is 2. The third-order valence-corrected chi connectivity index (χ3v) is 17.6. The molecule has 0 N–H and O–H groups in total. The first-order valence-electron chi connectivity index (χ1n) is 26.2. The van der Waals surface area contributed by atoms with Crippen molar-refractivity contribution in [1.29, 1.82) is 0 Å². The van der Waals surface area contributed by atoms with Crippen molar-refractivity contribution in [3.8, 4) is 55.6 Å². The molecule has 0 saturated carbocycles. The molecule has 0 unspecified atom stereocenters. The van der Waals surface area contributed by atoms with Gasteiger partial charge in [-0.05, 0) is 164 Å². The topological polar surface area (TPSA) is 29.5 Å². The van der Waals surface area contributed by atoms with Gasteiger partial charge in [-0.3, -0.25) is 0 Å². The van der Waals surface area contributed by atoms with E-state index in [0.717, 1.165) is 50.3 Å². The number of furan rings is 2. The van der Waals surface area contributed by atoms with Gasteiger partial charge in [-0.25, -0.2) is 0 Å². The molecule has 0 saturated heterocycles. The molecule has 3 nitrogen and oxygen atoms in total. The highest BCUT2D eigenvalue weighted by Crippen LogP contribution is 2.60. The fourth-order valence-electron chi connectivity index (χ4n) is 13.9. The van der Waals surface area contributed by atoms with E-state index in [2.05, 4.69) is 248 Å². The number of para-hydroxylation sites is 3. The number of benzene rings is 10. The molecule has 0 aliphatic heterocycles. The van der Waals surface area contributed by atoms with Crippen molar-refractivity contribution in [3.63, 3.8) is 0 Å². The highest BCUT2D eigenvalue weighted by molar-refractivity contribution is 6.19. The van der Waals surface area contributed by atoms with E-state index >= 15 is 0 Å². The fourth-order valence-corrected chi connectivity index (χ4v) is 13.9. The summed E-state index contributed by atoms with van der Waals surface area (Å²) in [6.45, 7) is 18.9. The van der Waals surface area contributed by atoms with Gasteiger partial charge in [-0.15, -0.1) is 0 Å². The smallest absolute Gasteiger partial charge is 0.143 e. The Labute approximate surface area is 432 Å². The van der Waals surface area contributed by atoms with E-state index in [1.54, 1.807) is 0 Å². The molecule has 3 aliphatic carbocycles. The summed E-state index contributed by atoms with van der Waals surface area (Å²) in [5, 5.41) is 4.74. The first-order chi connectivity index (χ1) is 35.8. The quantitative estimate of drug-likeness (QED) is 0.172. The average Bonchev–Trinajstić information content (AvgIpc) is 4.16. The Morgan fingerprint density at radius 1 is 0.351 bits per heavy atom. The molecule has 0 bridgehead atoms. The summed E-state index contributed by atoms with van der Waals surface area (Å²) in [6, 6.07) is 70.1. The van der Waals surface area contributed by atoms with Gasteiger partial charge >= 0.3 is 0 Å². The lowest BCUT2D eigenvalue weighted by atomic mass is 9.79. The molecule has 12 aromatic rings. The summed E-state index contributed by atoms with van der Waals surface area (Å²) < 4.78 is 13.4. The molecule has 15 rings (SSSR count). The molecule has 0 fully saturated rings. The van der Waals surface area contributed by atoms with E-state index in [0.29, 0.717) is 0 Å². The second kappa shape index (κ2) is 14.9. The molecule has 2 aromatic heterocycles. The van der Waals surface area contributed by atoms with Crippen LogP contribution in [0.3, 0.4) is 0 Å². The highest BCUT2D eigenvalue weighted by atomic mass is 16.3. The Morgan fingerprint density at radius 3 is 1.66 bits per heavy atom. The van der Waals surface area contributed by atoms with Crippen LogP contribution in [0.25, 0.3) is 99.5 Å². The van der Waals surface area contributed by atoms with Crippen molar-refractivity contribution < 1.29 is 8.83 Å². The van der Waals surface area contributed by atoms with Crippen LogP contribution < -0.4 is 4.90 Å². The second-order valence-electron chi connectivity index (χ2n) is 22.9. The lowest BCUT2D eigenvalue weighted by Crippen LogP contribution is -2.18. The van der Waals surface area contributed by atoms with Crippen molar-refractivity contribution in [2.24, 2.45) is 0 Å². The van der Waals surface area contributed by atoms with E-state index < -0.39 is 0 Å². The normalized spacial score (nSPS) is 15.1. The van der Waals surface area contributed by atoms with Gasteiger partial charge in [0, 0.05) is 60.3 Å². The van der Waals surface area contributed by atoms with Crippen LogP contribution in [0.1, 0.15) is 86.1 Å². The minimum atomic E-state index is -0.325. The zero-order chi connectivity index (χ0) is 50.2. The molecule has 0 atom stereocenters. The van der Waals surface area contributed by atoms with Gasteiger partial charge in [-0.2, -0.15) is 0 Å². The van der Waals surface area contributed by atoms with Gasteiger partial charge in [0.1, 0.15) is 22.3 Å². The molecular formula is C71H55NO2. The zero-order valence-corrected chi connectivity index (χ0v) is 43.2. The Kier molecular flexibility index (Phi) is 8.68. The predicted molar refractivity (Wildman–Crippen MR) is 309 cm³/mol. The fraction of sp³-hybridized carbons (Fsp3) is 0.155. The molecule has 3 heteroatoms. The van der Waals surface area contributed by atoms with E-state index in [4.69, 9.17) is 8.83 Å². The molecule has 356 valence electrons. The summed E-state index contributed by atoms with van der Waals surface area (Å²) in [5.74, 6) is 0. The van der Waals surface area contributed by atoms with E-state index in [9.17, 15) is 0 Å². The van der Waals surface area contributed by atoms with Gasteiger partial charge in [0.25, 0.3) is 0 Å². The van der Waals surface area contributed by atoms with Gasteiger partial charge in [-0.1, -0.05) is 168 Å². The molecule has 0 spiro atoms. The van der Waals surface area contributed by atoms with Crippen LogP contribution in [0.5, 0.6) is 0 Å². The Morgan fingerprint density at radius 2 is 0.905 bits per heavy atom. The minimum Gasteiger partial charge on any atom is -0.456 e. The van der Waals surface area contributed by atoms with Gasteiger partial charge in [0.15, 0.2) is 0 Å². The summed E-state index contributed by atoms with van der Waals surface area (Å²) in [7, 11) is 0. The molecule has 3 aliphatic rings. The molecular weight excluding hydrogens is 899 g/mol. The molecule has 2 heterocycles. The van der Waals surface area contributed by atoms with Crippen molar-refractivity contribution in [3.05, 3.63) is 233 Å². The second-order valence-corrected chi connectivity index (χ2v) is 22.9. The monoisotopic (exact) mass is 953 g/mol. The highest BCUT2D eigenvalue weighted by Gasteiger charge is 2.44. The maximum atomic E-state index is 6.91. The van der Waals surface area contributed by atoms with E-state index in [-0.39, 0.29) is 16.2 Å². The number of nitrogens with zero attached hydrogens (tertiary/aromatic N) is 1. The third kappa shape index (κ3) is 5.73. The molecule has 0 amide bonds. The van der Waals surface area contributed by atoms with Crippen LogP contribution in [-0.4, -0.2) is 0 Å². The van der Waals surface area contributed by atoms with Crippen LogP contribution in [0, 0.1) is 13.8 Å². The summed E-state index contributed by atoms with van der Waals surface area (Å²) >= 11 is 0. The number of anilines is 3. The predicted octanol–water partition coefficient (Wildman–Crippen LogP) is 19.8. The number of hydrogen-bond donors (Lipinski definition) is 0. The van der Waals surface area contributed by atoms with Gasteiger partial charge in [0.2, 0.25) is 0 Å². The molecule has 74 heavy (non-hydrogen) atoms. The zero-order valence-electron chi connectivity index (χ0n) is 43.2. The lowest BCUT2D eigenvalue weighted by molar-refractivity contribution is 0.651. The Bertz CT molecular complexity index is 4420. The number of fused-ring (bicyclic) bond motifs is 17. The van der Waals surface area contributed by atoms with Gasteiger partial charge < -0.3 is 13.7 Å². The largest absolute Gasteiger partial charge is 0.456 e. The first-order valence-corrected chi connectivity index (χ1v) is 26.2. The van der Waals surface area contributed by atoms with E-state index in [1.165, 1.54) is 111 Å². The van der Waals surface area contributed by atoms with Crippen LogP contribution in [0.4, 0.5) is 17.1 Å². The lowest BCUT2D eigenvalue weighted by Gasteiger charge is -2.31. The maximum Gasteiger partial charge on any atom is 0.143 e. The van der Waals surface area contributed by atoms with Crippen molar-refractivity contribution in [1.82, 2.24) is 0 Å². The molecule has 10 aromatic carbocycles. The number of rotatable bonds is 5. The Balaban J connectivity index is 0.923. The van der Waals surface area contributed by atoms with Crippen molar-refractivity contribution >= 4 is 60.9 Å². The Hall–Kier alpha value is -8.40. The van der Waals surface area contributed by atoms with Crippen LogP contribution >= 0.6 is 0 Å². The van der Waals surface area contributed by atoms with Crippen LogP contribution in [0.2, 0.25) is 0 Å². The van der Waals surface area contributed by atoms with Crippen molar-refractivity contribution in [2.75, 3.05) is 4.90 Å². The summed E-state index contributed by atoms with van der Waals surface area (Å²) in [5.41, 5.74) is 29.4. The summed E-state index contributed by atoms with van der Waals surface area (Å²) in [6.07, 6.45) is 0.